The summed E-state index contributed by atoms with van der Waals surface area (Å²) in [5.74, 6) is 0.569. The molecule has 0 spiro atoms. The molecule has 2 aromatic carbocycles. The number of amides is 1. The lowest BCUT2D eigenvalue weighted by atomic mass is 10.1. The lowest BCUT2D eigenvalue weighted by molar-refractivity contribution is -0.117. The van der Waals surface area contributed by atoms with Crippen LogP contribution < -0.4 is 14.8 Å². The summed E-state index contributed by atoms with van der Waals surface area (Å²) in [6, 6.07) is 9.49. The lowest BCUT2D eigenvalue weighted by Gasteiger charge is -2.12. The van der Waals surface area contributed by atoms with Crippen LogP contribution in [-0.4, -0.2) is 20.1 Å². The highest BCUT2D eigenvalue weighted by Gasteiger charge is 2.44. The highest BCUT2D eigenvalue weighted by atomic mass is 35.5. The lowest BCUT2D eigenvalue weighted by Crippen LogP contribution is -2.15. The summed E-state index contributed by atoms with van der Waals surface area (Å²) in [6.07, 6.45) is 0.738. The van der Waals surface area contributed by atoms with Crippen LogP contribution >= 0.6 is 11.6 Å². The molecular weight excluding hydrogens is 333 g/mol. The van der Waals surface area contributed by atoms with Gasteiger partial charge in [0.15, 0.2) is 11.5 Å². The van der Waals surface area contributed by atoms with Crippen LogP contribution in [-0.2, 0) is 4.79 Å². The maximum atomic E-state index is 13.0. The number of benzene rings is 2. The Bertz CT molecular complexity index is 764. The summed E-state index contributed by atoms with van der Waals surface area (Å²) in [7, 11) is 3.03. The van der Waals surface area contributed by atoms with Crippen LogP contribution in [0, 0.1) is 11.7 Å². The van der Waals surface area contributed by atoms with Crippen LogP contribution in [0.2, 0.25) is 5.02 Å². The van der Waals surface area contributed by atoms with Crippen LogP contribution in [0.25, 0.3) is 0 Å². The average molecular weight is 350 g/mol. The van der Waals surface area contributed by atoms with Crippen LogP contribution in [0.5, 0.6) is 11.5 Å². The first-order valence-electron chi connectivity index (χ1n) is 7.51. The molecule has 3 rings (SSSR count). The first kappa shape index (κ1) is 16.6. The summed E-state index contributed by atoms with van der Waals surface area (Å²) < 4.78 is 23.4. The number of anilines is 1. The van der Waals surface area contributed by atoms with Gasteiger partial charge < -0.3 is 14.8 Å². The van der Waals surface area contributed by atoms with Gasteiger partial charge in [0.05, 0.1) is 24.9 Å². The van der Waals surface area contributed by atoms with Gasteiger partial charge >= 0.3 is 0 Å². The molecule has 1 amide bonds. The molecule has 24 heavy (non-hydrogen) atoms. The molecule has 0 heterocycles. The molecule has 0 aliphatic heterocycles. The number of hydrogen-bond acceptors (Lipinski definition) is 3. The van der Waals surface area contributed by atoms with Gasteiger partial charge in [0.25, 0.3) is 0 Å². The molecule has 1 aliphatic rings. The van der Waals surface area contributed by atoms with Gasteiger partial charge in [0.2, 0.25) is 5.91 Å². The van der Waals surface area contributed by atoms with Crippen LogP contribution in [0.15, 0.2) is 36.4 Å². The summed E-state index contributed by atoms with van der Waals surface area (Å²) in [5.41, 5.74) is 1.44. The number of ether oxygens (including phenoxy) is 2. The topological polar surface area (TPSA) is 47.6 Å². The van der Waals surface area contributed by atoms with E-state index >= 15 is 0 Å². The van der Waals surface area contributed by atoms with Gasteiger partial charge in [-0.15, -0.1) is 0 Å². The van der Waals surface area contributed by atoms with Crippen molar-refractivity contribution in [3.63, 3.8) is 0 Å². The van der Waals surface area contributed by atoms with E-state index in [2.05, 4.69) is 5.32 Å². The molecule has 126 valence electrons. The minimum atomic E-state index is -0.280. The van der Waals surface area contributed by atoms with E-state index in [4.69, 9.17) is 21.1 Å². The third-order valence-electron chi connectivity index (χ3n) is 4.16. The van der Waals surface area contributed by atoms with Crippen molar-refractivity contribution in [1.29, 1.82) is 0 Å². The van der Waals surface area contributed by atoms with E-state index < -0.39 is 0 Å². The predicted molar refractivity (Wildman–Crippen MR) is 90.4 cm³/mol. The molecule has 1 fully saturated rings. The molecule has 2 aromatic rings. The fourth-order valence-corrected chi connectivity index (χ4v) is 2.94. The number of methoxy groups -OCH3 is 2. The first-order chi connectivity index (χ1) is 11.5. The highest BCUT2D eigenvalue weighted by Crippen LogP contribution is 2.48. The Hall–Kier alpha value is -2.27. The minimum absolute atomic E-state index is 0.113. The SMILES string of the molecule is COc1cc(Cl)c(NC(=O)[C@@H]2C[C@H]2c2ccc(F)cc2)cc1OC. The van der Waals surface area contributed by atoms with Gasteiger partial charge in [-0.2, -0.15) is 0 Å². The number of rotatable bonds is 5. The van der Waals surface area contributed by atoms with Gasteiger partial charge in [-0.1, -0.05) is 23.7 Å². The number of halogens is 2. The molecule has 2 atom stereocenters. The van der Waals surface area contributed by atoms with E-state index in [1.165, 1.54) is 26.4 Å². The maximum Gasteiger partial charge on any atom is 0.228 e. The van der Waals surface area contributed by atoms with Gasteiger partial charge in [-0.3, -0.25) is 4.79 Å². The first-order valence-corrected chi connectivity index (χ1v) is 7.89. The molecule has 6 heteroatoms. The Balaban J connectivity index is 1.71. The van der Waals surface area contributed by atoms with E-state index in [0.29, 0.717) is 22.2 Å². The molecule has 0 bridgehead atoms. The van der Waals surface area contributed by atoms with Crippen molar-refractivity contribution in [3.05, 3.63) is 52.8 Å². The van der Waals surface area contributed by atoms with Gasteiger partial charge in [-0.25, -0.2) is 4.39 Å². The molecule has 0 aromatic heterocycles. The highest BCUT2D eigenvalue weighted by molar-refractivity contribution is 6.34. The maximum absolute atomic E-state index is 13.0. The number of carbonyl (C=O) groups is 1. The fraction of sp³-hybridized carbons (Fsp3) is 0.278. The Morgan fingerprint density at radius 2 is 1.79 bits per heavy atom. The van der Waals surface area contributed by atoms with Gasteiger partial charge in [0.1, 0.15) is 5.82 Å². The molecule has 4 nitrogen and oxygen atoms in total. The third kappa shape index (κ3) is 3.31. The smallest absolute Gasteiger partial charge is 0.228 e. The quantitative estimate of drug-likeness (QED) is 0.878. The largest absolute Gasteiger partial charge is 0.493 e. The monoisotopic (exact) mass is 349 g/mol. The van der Waals surface area contributed by atoms with Crippen molar-refractivity contribution in [1.82, 2.24) is 0 Å². The van der Waals surface area contributed by atoms with E-state index in [1.54, 1.807) is 24.3 Å². The predicted octanol–water partition coefficient (Wildman–Crippen LogP) is 4.24. The van der Waals surface area contributed by atoms with Crippen molar-refractivity contribution in [2.24, 2.45) is 5.92 Å². The zero-order valence-electron chi connectivity index (χ0n) is 13.3. The summed E-state index contributed by atoms with van der Waals surface area (Å²) >= 11 is 6.19. The normalized spacial score (nSPS) is 18.8. The second kappa shape index (κ2) is 6.69. The molecule has 0 radical (unpaired) electrons. The Morgan fingerprint density at radius 3 is 2.42 bits per heavy atom. The number of hydrogen-bond donors (Lipinski definition) is 1. The van der Waals surface area contributed by atoms with Crippen molar-refractivity contribution >= 4 is 23.2 Å². The average Bonchev–Trinajstić information content (AvgIpc) is 3.37. The summed E-state index contributed by atoms with van der Waals surface area (Å²) in [4.78, 5) is 12.4. The summed E-state index contributed by atoms with van der Waals surface area (Å²) in [5, 5.41) is 3.20. The van der Waals surface area contributed by atoms with Crippen LogP contribution in [0.1, 0.15) is 17.9 Å². The van der Waals surface area contributed by atoms with Gasteiger partial charge in [0, 0.05) is 18.1 Å². The van der Waals surface area contributed by atoms with Crippen LogP contribution in [0.4, 0.5) is 10.1 Å². The van der Waals surface area contributed by atoms with Crippen molar-refractivity contribution < 1.29 is 18.7 Å². The zero-order valence-corrected chi connectivity index (χ0v) is 14.1. The standard InChI is InChI=1S/C18H17ClFNO3/c1-23-16-8-14(19)15(9-17(16)24-2)21-18(22)13-7-12(13)10-3-5-11(20)6-4-10/h3-6,8-9,12-13H,7H2,1-2H3,(H,21,22)/t12-,13+/m0/s1. The van der Waals surface area contributed by atoms with E-state index in [-0.39, 0.29) is 23.6 Å². The Kier molecular flexibility index (Phi) is 4.62. The molecule has 1 N–H and O–H groups in total. The number of nitrogens with one attached hydrogen (secondary N) is 1. The molecule has 0 unspecified atom stereocenters. The van der Waals surface area contributed by atoms with Gasteiger partial charge in [-0.05, 0) is 30.0 Å². The van der Waals surface area contributed by atoms with Crippen molar-refractivity contribution in [2.45, 2.75) is 12.3 Å². The second-order valence-electron chi connectivity index (χ2n) is 5.68. The number of carbonyl (C=O) groups excluding carboxylic acids is 1. The fourth-order valence-electron chi connectivity index (χ4n) is 2.74. The third-order valence-corrected chi connectivity index (χ3v) is 4.47. The molecule has 1 saturated carbocycles. The Labute approximate surface area is 144 Å². The molecule has 0 saturated heterocycles. The van der Waals surface area contributed by atoms with E-state index in [1.807, 2.05) is 0 Å². The van der Waals surface area contributed by atoms with E-state index in [0.717, 1.165) is 12.0 Å². The second-order valence-corrected chi connectivity index (χ2v) is 6.08. The minimum Gasteiger partial charge on any atom is -0.493 e. The van der Waals surface area contributed by atoms with Crippen molar-refractivity contribution in [3.8, 4) is 11.5 Å². The Morgan fingerprint density at radius 1 is 1.17 bits per heavy atom. The molecular formula is C18H17ClFNO3. The zero-order chi connectivity index (χ0) is 17.3. The van der Waals surface area contributed by atoms with E-state index in [9.17, 15) is 9.18 Å². The molecule has 1 aliphatic carbocycles. The summed E-state index contributed by atoms with van der Waals surface area (Å²) in [6.45, 7) is 0. The van der Waals surface area contributed by atoms with Crippen molar-refractivity contribution in [2.75, 3.05) is 19.5 Å². The van der Waals surface area contributed by atoms with Crippen LogP contribution in [0.3, 0.4) is 0 Å².